The summed E-state index contributed by atoms with van der Waals surface area (Å²) in [6.45, 7) is 4.68. The zero-order valence-corrected chi connectivity index (χ0v) is 17.9. The van der Waals surface area contributed by atoms with Gasteiger partial charge in [-0.2, -0.15) is 0 Å². The van der Waals surface area contributed by atoms with E-state index in [1.807, 2.05) is 60.8 Å². The lowest BCUT2D eigenvalue weighted by atomic mass is 10.0. The molecule has 156 valence electrons. The third-order valence-corrected chi connectivity index (χ3v) is 6.11. The summed E-state index contributed by atoms with van der Waals surface area (Å²) in [4.78, 5) is 28.0. The van der Waals surface area contributed by atoms with E-state index in [4.69, 9.17) is 5.73 Å². The van der Waals surface area contributed by atoms with Crippen LogP contribution >= 0.6 is 0 Å². The molecule has 0 aliphatic carbocycles. The maximum absolute atomic E-state index is 13.0. The van der Waals surface area contributed by atoms with Gasteiger partial charge in [0.1, 0.15) is 17.8 Å². The summed E-state index contributed by atoms with van der Waals surface area (Å²) >= 11 is 0. The van der Waals surface area contributed by atoms with Gasteiger partial charge in [-0.15, -0.1) is 0 Å². The second-order valence-electron chi connectivity index (χ2n) is 8.13. The van der Waals surface area contributed by atoms with Crippen molar-refractivity contribution in [2.45, 2.75) is 26.7 Å². The first-order valence-corrected chi connectivity index (χ1v) is 10.3. The Labute approximate surface area is 180 Å². The largest absolute Gasteiger partial charge is 0.383 e. The normalized spacial score (nSPS) is 13.1. The van der Waals surface area contributed by atoms with Gasteiger partial charge < -0.3 is 15.2 Å². The summed E-state index contributed by atoms with van der Waals surface area (Å²) in [5, 5.41) is 0.858. The highest BCUT2D eigenvalue weighted by Crippen LogP contribution is 2.37. The predicted molar refractivity (Wildman–Crippen MR) is 122 cm³/mol. The van der Waals surface area contributed by atoms with Crippen LogP contribution in [-0.4, -0.2) is 32.0 Å². The number of anilines is 2. The van der Waals surface area contributed by atoms with Crippen molar-refractivity contribution < 1.29 is 4.79 Å². The molecule has 0 radical (unpaired) electrons. The molecule has 1 aromatic carbocycles. The number of carbonyl (C=O) groups is 1. The van der Waals surface area contributed by atoms with Gasteiger partial charge in [-0.3, -0.25) is 9.78 Å². The van der Waals surface area contributed by atoms with E-state index in [0.29, 0.717) is 18.8 Å². The molecule has 2 N–H and O–H groups in total. The van der Waals surface area contributed by atoms with Crippen molar-refractivity contribution in [1.29, 1.82) is 0 Å². The number of aromatic nitrogens is 4. The first-order valence-electron chi connectivity index (χ1n) is 10.3. The van der Waals surface area contributed by atoms with Gasteiger partial charge in [-0.05, 0) is 55.2 Å². The SMILES string of the molecule is Cc1ccc(CC(=O)N2CCc3cc(-c4cn(C)c5ncnc(N)c45)ccc32)nc1C. The molecule has 31 heavy (non-hydrogen) atoms. The first kappa shape index (κ1) is 19.2. The molecule has 0 saturated heterocycles. The number of amides is 1. The van der Waals surface area contributed by atoms with Gasteiger partial charge in [0.15, 0.2) is 0 Å². The van der Waals surface area contributed by atoms with Crippen molar-refractivity contribution in [3.05, 3.63) is 65.4 Å². The number of rotatable bonds is 3. The van der Waals surface area contributed by atoms with E-state index >= 15 is 0 Å². The molecule has 0 atom stereocenters. The molecule has 7 heteroatoms. The molecule has 5 rings (SSSR count). The Morgan fingerprint density at radius 2 is 2.00 bits per heavy atom. The second-order valence-corrected chi connectivity index (χ2v) is 8.13. The summed E-state index contributed by atoms with van der Waals surface area (Å²) in [5.41, 5.74) is 14.1. The van der Waals surface area contributed by atoms with Crippen LogP contribution in [0, 0.1) is 13.8 Å². The molecular formula is C24H24N6O. The quantitative estimate of drug-likeness (QED) is 0.557. The Hall–Kier alpha value is -3.74. The fourth-order valence-corrected chi connectivity index (χ4v) is 4.31. The molecule has 0 unspecified atom stereocenters. The number of nitrogens with zero attached hydrogens (tertiary/aromatic N) is 5. The number of aryl methyl sites for hydroxylation is 3. The van der Waals surface area contributed by atoms with Crippen molar-refractivity contribution in [1.82, 2.24) is 19.5 Å². The lowest BCUT2D eigenvalue weighted by Crippen LogP contribution is -2.30. The molecule has 0 bridgehead atoms. The zero-order valence-electron chi connectivity index (χ0n) is 17.9. The summed E-state index contributed by atoms with van der Waals surface area (Å²) in [6, 6.07) is 10.2. The van der Waals surface area contributed by atoms with Gasteiger partial charge in [-0.1, -0.05) is 12.1 Å². The van der Waals surface area contributed by atoms with E-state index in [-0.39, 0.29) is 5.91 Å². The number of hydrogen-bond donors (Lipinski definition) is 1. The topological polar surface area (TPSA) is 89.9 Å². The van der Waals surface area contributed by atoms with Crippen LogP contribution < -0.4 is 10.6 Å². The van der Waals surface area contributed by atoms with Crippen molar-refractivity contribution in [2.75, 3.05) is 17.2 Å². The summed E-state index contributed by atoms with van der Waals surface area (Å²) < 4.78 is 1.96. The summed E-state index contributed by atoms with van der Waals surface area (Å²) in [7, 11) is 1.95. The van der Waals surface area contributed by atoms with Gasteiger partial charge in [0, 0.05) is 36.7 Å². The average molecular weight is 412 g/mol. The van der Waals surface area contributed by atoms with Gasteiger partial charge in [0.05, 0.1) is 17.5 Å². The third kappa shape index (κ3) is 3.22. The zero-order chi connectivity index (χ0) is 21.7. The third-order valence-electron chi connectivity index (χ3n) is 6.11. The lowest BCUT2D eigenvalue weighted by Gasteiger charge is -2.18. The van der Waals surface area contributed by atoms with E-state index in [1.54, 1.807) is 0 Å². The van der Waals surface area contributed by atoms with Gasteiger partial charge in [-0.25, -0.2) is 9.97 Å². The number of pyridine rings is 1. The predicted octanol–water partition coefficient (Wildman–Crippen LogP) is 3.36. The first-order chi connectivity index (χ1) is 14.9. The van der Waals surface area contributed by atoms with Gasteiger partial charge in [0.25, 0.3) is 0 Å². The smallest absolute Gasteiger partial charge is 0.233 e. The van der Waals surface area contributed by atoms with Crippen LogP contribution in [0.1, 0.15) is 22.5 Å². The second kappa shape index (κ2) is 7.19. The number of benzene rings is 1. The van der Waals surface area contributed by atoms with Crippen LogP contribution in [0.5, 0.6) is 0 Å². The van der Waals surface area contributed by atoms with E-state index in [2.05, 4.69) is 21.0 Å². The van der Waals surface area contributed by atoms with Crippen LogP contribution in [0.4, 0.5) is 11.5 Å². The van der Waals surface area contributed by atoms with Crippen molar-refractivity contribution in [3.63, 3.8) is 0 Å². The van der Waals surface area contributed by atoms with Gasteiger partial charge in [0.2, 0.25) is 5.91 Å². The number of carbonyl (C=O) groups excluding carboxylic acids is 1. The molecule has 4 heterocycles. The Bertz CT molecular complexity index is 1340. The molecule has 0 saturated carbocycles. The molecule has 4 aromatic rings. The van der Waals surface area contributed by atoms with E-state index in [1.165, 1.54) is 6.33 Å². The highest BCUT2D eigenvalue weighted by atomic mass is 16.2. The minimum Gasteiger partial charge on any atom is -0.383 e. The number of nitrogen functional groups attached to an aromatic ring is 1. The molecule has 3 aromatic heterocycles. The average Bonchev–Trinajstić information content (AvgIpc) is 3.32. The van der Waals surface area contributed by atoms with E-state index < -0.39 is 0 Å². The highest BCUT2D eigenvalue weighted by molar-refractivity contribution is 6.02. The van der Waals surface area contributed by atoms with Crippen molar-refractivity contribution in [3.8, 4) is 11.1 Å². The van der Waals surface area contributed by atoms with Crippen molar-refractivity contribution in [2.24, 2.45) is 7.05 Å². The molecule has 7 nitrogen and oxygen atoms in total. The Morgan fingerprint density at radius 1 is 1.16 bits per heavy atom. The maximum Gasteiger partial charge on any atom is 0.233 e. The molecule has 1 aliphatic heterocycles. The van der Waals surface area contributed by atoms with Gasteiger partial charge >= 0.3 is 0 Å². The number of fused-ring (bicyclic) bond motifs is 2. The van der Waals surface area contributed by atoms with E-state index in [9.17, 15) is 4.79 Å². The van der Waals surface area contributed by atoms with Crippen LogP contribution in [0.2, 0.25) is 0 Å². The fraction of sp³-hybridized carbons (Fsp3) is 0.250. The highest BCUT2D eigenvalue weighted by Gasteiger charge is 2.26. The van der Waals surface area contributed by atoms with Crippen molar-refractivity contribution >= 4 is 28.4 Å². The fourth-order valence-electron chi connectivity index (χ4n) is 4.31. The molecule has 0 spiro atoms. The molecule has 1 amide bonds. The number of hydrogen-bond acceptors (Lipinski definition) is 5. The molecular weight excluding hydrogens is 388 g/mol. The molecule has 1 aliphatic rings. The monoisotopic (exact) mass is 412 g/mol. The maximum atomic E-state index is 13.0. The van der Waals surface area contributed by atoms with E-state index in [0.717, 1.165) is 56.8 Å². The van der Waals surface area contributed by atoms with Crippen LogP contribution in [0.15, 0.2) is 42.9 Å². The summed E-state index contributed by atoms with van der Waals surface area (Å²) in [6.07, 6.45) is 4.64. The standard InChI is InChI=1S/C24H24N6O/c1-14-4-6-18(28-15(14)2)11-21(31)30-9-8-17-10-16(5-7-20(17)30)19-12-29(3)24-22(19)23(25)26-13-27-24/h4-7,10,12-13H,8-9,11H2,1-3H3,(H2,25,26,27). The minimum absolute atomic E-state index is 0.0741. The van der Waals surface area contributed by atoms with Crippen LogP contribution in [0.25, 0.3) is 22.2 Å². The van der Waals surface area contributed by atoms with Crippen LogP contribution in [-0.2, 0) is 24.7 Å². The Kier molecular flexibility index (Phi) is 4.46. The minimum atomic E-state index is 0.0741. The summed E-state index contributed by atoms with van der Waals surface area (Å²) in [5.74, 6) is 0.545. The lowest BCUT2D eigenvalue weighted by molar-refractivity contribution is -0.117. The Balaban J connectivity index is 1.45. The van der Waals surface area contributed by atoms with Crippen LogP contribution in [0.3, 0.4) is 0 Å². The Morgan fingerprint density at radius 3 is 2.81 bits per heavy atom. The molecule has 0 fully saturated rings. The number of nitrogens with two attached hydrogens (primary N) is 1.